The lowest BCUT2D eigenvalue weighted by Gasteiger charge is -2.34. The number of benzene rings is 2. The van der Waals surface area contributed by atoms with Crippen molar-refractivity contribution in [3.8, 4) is 5.75 Å². The highest BCUT2D eigenvalue weighted by Crippen LogP contribution is 2.32. The molecule has 6 nitrogen and oxygen atoms in total. The summed E-state index contributed by atoms with van der Waals surface area (Å²) in [6, 6.07) is 12.7. The molecule has 2 aliphatic heterocycles. The van der Waals surface area contributed by atoms with Crippen LogP contribution in [0.5, 0.6) is 5.75 Å². The van der Waals surface area contributed by atoms with Gasteiger partial charge in [0.2, 0.25) is 11.8 Å². The van der Waals surface area contributed by atoms with Crippen molar-refractivity contribution in [2.24, 2.45) is 0 Å². The van der Waals surface area contributed by atoms with Crippen molar-refractivity contribution in [3.63, 3.8) is 0 Å². The topological polar surface area (TPSA) is 61.9 Å². The number of carbonyl (C=O) groups excluding carboxylic acids is 2. The van der Waals surface area contributed by atoms with E-state index in [-0.39, 0.29) is 17.9 Å². The number of anilines is 2. The van der Waals surface area contributed by atoms with Crippen molar-refractivity contribution in [1.29, 1.82) is 0 Å². The van der Waals surface area contributed by atoms with Crippen molar-refractivity contribution in [3.05, 3.63) is 52.5 Å². The van der Waals surface area contributed by atoms with Crippen LogP contribution in [-0.2, 0) is 9.59 Å². The van der Waals surface area contributed by atoms with Crippen LogP contribution in [0.25, 0.3) is 0 Å². The fourth-order valence-corrected chi connectivity index (χ4v) is 5.06. The summed E-state index contributed by atoms with van der Waals surface area (Å²) in [5.74, 6) is 0.354. The Kier molecular flexibility index (Phi) is 7.66. The van der Waals surface area contributed by atoms with E-state index in [9.17, 15) is 9.59 Å². The molecule has 0 spiro atoms. The molecule has 2 amide bonds. The lowest BCUT2D eigenvalue weighted by Crippen LogP contribution is -2.49. The van der Waals surface area contributed by atoms with Crippen LogP contribution in [0.4, 0.5) is 11.4 Å². The van der Waals surface area contributed by atoms with Crippen molar-refractivity contribution in [2.45, 2.75) is 51.2 Å². The van der Waals surface area contributed by atoms with E-state index in [1.54, 1.807) is 23.1 Å². The molecule has 33 heavy (non-hydrogen) atoms. The van der Waals surface area contributed by atoms with Crippen LogP contribution < -0.4 is 15.0 Å². The van der Waals surface area contributed by atoms with Crippen LogP contribution in [0.1, 0.15) is 39.0 Å². The molecule has 176 valence electrons. The molecule has 2 aliphatic rings. The first-order valence-corrected chi connectivity index (χ1v) is 12.2. The molecule has 0 aromatic heterocycles. The molecule has 0 radical (unpaired) electrons. The zero-order valence-electron chi connectivity index (χ0n) is 18.7. The average Bonchev–Trinajstić information content (AvgIpc) is 2.81. The normalized spacial score (nSPS) is 19.3. The van der Waals surface area contributed by atoms with Gasteiger partial charge in [0.15, 0.2) is 0 Å². The molecule has 1 unspecified atom stereocenters. The highest BCUT2D eigenvalue weighted by Gasteiger charge is 2.30. The van der Waals surface area contributed by atoms with Crippen LogP contribution in [0.15, 0.2) is 42.5 Å². The Morgan fingerprint density at radius 2 is 1.73 bits per heavy atom. The van der Waals surface area contributed by atoms with Crippen LogP contribution in [-0.4, -0.2) is 48.5 Å². The number of rotatable bonds is 5. The predicted molar refractivity (Wildman–Crippen MR) is 132 cm³/mol. The second-order valence-electron chi connectivity index (χ2n) is 8.61. The van der Waals surface area contributed by atoms with Gasteiger partial charge in [-0.15, -0.1) is 0 Å². The molecule has 2 fully saturated rings. The molecule has 2 heterocycles. The van der Waals surface area contributed by atoms with Gasteiger partial charge in [-0.3, -0.25) is 9.59 Å². The number of nitrogens with zero attached hydrogens (tertiary/aromatic N) is 2. The van der Waals surface area contributed by atoms with E-state index in [1.807, 2.05) is 24.3 Å². The number of hydrogen-bond donors (Lipinski definition) is 1. The fourth-order valence-electron chi connectivity index (χ4n) is 4.58. The first kappa shape index (κ1) is 23.7. The number of nitrogens with one attached hydrogen (secondary N) is 1. The summed E-state index contributed by atoms with van der Waals surface area (Å²) in [5.41, 5.74) is 1.65. The second kappa shape index (κ2) is 10.7. The summed E-state index contributed by atoms with van der Waals surface area (Å²) in [6.07, 6.45) is 4.33. The molecule has 2 saturated heterocycles. The predicted octanol–water partition coefficient (Wildman–Crippen LogP) is 5.38. The number of amides is 2. The van der Waals surface area contributed by atoms with Gasteiger partial charge in [0.05, 0.1) is 15.7 Å². The molecule has 2 aromatic carbocycles. The van der Waals surface area contributed by atoms with E-state index in [1.165, 1.54) is 6.92 Å². The highest BCUT2D eigenvalue weighted by molar-refractivity contribution is 6.33. The summed E-state index contributed by atoms with van der Waals surface area (Å²) in [7, 11) is 0. The van der Waals surface area contributed by atoms with E-state index in [2.05, 4.69) is 10.2 Å². The number of halogens is 2. The van der Waals surface area contributed by atoms with E-state index in [0.29, 0.717) is 29.4 Å². The molecule has 0 aliphatic carbocycles. The second-order valence-corrected chi connectivity index (χ2v) is 9.43. The largest absolute Gasteiger partial charge is 0.489 e. The Bertz CT molecular complexity index is 1010. The summed E-state index contributed by atoms with van der Waals surface area (Å²) in [5, 5.41) is 4.12. The maximum atomic E-state index is 12.8. The van der Waals surface area contributed by atoms with Crippen LogP contribution in [0.3, 0.4) is 0 Å². The van der Waals surface area contributed by atoms with E-state index in [4.69, 9.17) is 27.9 Å². The third kappa shape index (κ3) is 5.74. The smallest absolute Gasteiger partial charge is 0.247 e. The first-order chi connectivity index (χ1) is 15.9. The number of likely N-dealkylation sites (tertiary alicyclic amines) is 1. The van der Waals surface area contributed by atoms with Gasteiger partial charge in [-0.05, 0) is 49.6 Å². The van der Waals surface area contributed by atoms with Gasteiger partial charge >= 0.3 is 0 Å². The monoisotopic (exact) mass is 489 g/mol. The maximum absolute atomic E-state index is 12.8. The molecular weight excluding hydrogens is 461 g/mol. The van der Waals surface area contributed by atoms with Gasteiger partial charge < -0.3 is 19.9 Å². The number of ether oxygens (including phenoxy) is 1. The van der Waals surface area contributed by atoms with Crippen LogP contribution in [0, 0.1) is 0 Å². The number of piperidine rings is 2. The van der Waals surface area contributed by atoms with Crippen molar-refractivity contribution in [1.82, 2.24) is 4.90 Å². The van der Waals surface area contributed by atoms with Gasteiger partial charge in [-0.25, -0.2) is 0 Å². The molecular formula is C25H29Cl2N3O3. The Labute approximate surface area is 204 Å². The number of para-hydroxylation sites is 1. The highest BCUT2D eigenvalue weighted by atomic mass is 35.5. The minimum absolute atomic E-state index is 0.0630. The zero-order valence-corrected chi connectivity index (χ0v) is 20.2. The van der Waals surface area contributed by atoms with E-state index >= 15 is 0 Å². The van der Waals surface area contributed by atoms with E-state index < -0.39 is 6.04 Å². The third-order valence-electron chi connectivity index (χ3n) is 6.34. The van der Waals surface area contributed by atoms with Gasteiger partial charge in [0, 0.05) is 45.1 Å². The molecule has 1 atom stereocenters. The number of carbonyl (C=O) groups is 2. The van der Waals surface area contributed by atoms with E-state index in [0.717, 1.165) is 49.5 Å². The quantitative estimate of drug-likeness (QED) is 0.612. The standard InChI is InChI=1S/C25H29Cl2N3O3/c1-17(31)30-13-5-4-8-23(30)25(32)28-18-9-10-24(21(27)16-18)33-19-11-14-29(15-12-19)22-7-3-2-6-20(22)26/h2-3,6-7,9-10,16,19,23H,4-5,8,11-15H2,1H3,(H,28,32). The van der Waals surface area contributed by atoms with Crippen LogP contribution >= 0.6 is 23.2 Å². The van der Waals surface area contributed by atoms with Gasteiger partial charge in [0.25, 0.3) is 0 Å². The third-order valence-corrected chi connectivity index (χ3v) is 6.95. The lowest BCUT2D eigenvalue weighted by atomic mass is 10.0. The summed E-state index contributed by atoms with van der Waals surface area (Å²) in [6.45, 7) is 3.84. The number of hydrogen-bond acceptors (Lipinski definition) is 4. The Morgan fingerprint density at radius 1 is 0.970 bits per heavy atom. The van der Waals surface area contributed by atoms with Crippen molar-refractivity contribution >= 4 is 46.4 Å². The molecule has 0 bridgehead atoms. The molecule has 0 saturated carbocycles. The van der Waals surface area contributed by atoms with Gasteiger partial charge in [-0.1, -0.05) is 35.3 Å². The van der Waals surface area contributed by atoms with Crippen molar-refractivity contribution < 1.29 is 14.3 Å². The zero-order chi connectivity index (χ0) is 23.4. The minimum atomic E-state index is -0.436. The summed E-state index contributed by atoms with van der Waals surface area (Å²) < 4.78 is 6.17. The Morgan fingerprint density at radius 3 is 2.42 bits per heavy atom. The molecule has 1 N–H and O–H groups in total. The van der Waals surface area contributed by atoms with Crippen molar-refractivity contribution in [2.75, 3.05) is 29.9 Å². The first-order valence-electron chi connectivity index (χ1n) is 11.5. The maximum Gasteiger partial charge on any atom is 0.247 e. The molecule has 4 rings (SSSR count). The Balaban J connectivity index is 1.33. The van der Waals surface area contributed by atoms with Gasteiger partial charge in [0.1, 0.15) is 17.9 Å². The Hall–Kier alpha value is -2.44. The average molecular weight is 490 g/mol. The molecule has 8 heteroatoms. The fraction of sp³-hybridized carbons (Fsp3) is 0.440. The molecule has 2 aromatic rings. The SMILES string of the molecule is CC(=O)N1CCCCC1C(=O)Nc1ccc(OC2CCN(c3ccccc3Cl)CC2)c(Cl)c1. The lowest BCUT2D eigenvalue weighted by molar-refractivity contribution is -0.138. The minimum Gasteiger partial charge on any atom is -0.489 e. The summed E-state index contributed by atoms with van der Waals surface area (Å²) >= 11 is 12.8. The van der Waals surface area contributed by atoms with Gasteiger partial charge in [-0.2, -0.15) is 0 Å². The summed E-state index contributed by atoms with van der Waals surface area (Å²) in [4.78, 5) is 28.6. The van der Waals surface area contributed by atoms with Crippen LogP contribution in [0.2, 0.25) is 10.0 Å².